The molecule has 2 fully saturated rings. The molecule has 1 amide bonds. The summed E-state index contributed by atoms with van der Waals surface area (Å²) in [5.41, 5.74) is -0.104. The van der Waals surface area contributed by atoms with Crippen molar-refractivity contribution in [3.63, 3.8) is 0 Å². The summed E-state index contributed by atoms with van der Waals surface area (Å²) in [5, 5.41) is 3.37. The van der Waals surface area contributed by atoms with E-state index in [4.69, 9.17) is 4.74 Å². The molecule has 16 heavy (non-hydrogen) atoms. The van der Waals surface area contributed by atoms with Crippen molar-refractivity contribution in [2.24, 2.45) is 5.92 Å². The molecule has 1 unspecified atom stereocenters. The van der Waals surface area contributed by atoms with Gasteiger partial charge in [0, 0.05) is 6.04 Å². The van der Waals surface area contributed by atoms with E-state index in [-0.39, 0.29) is 17.7 Å². The lowest BCUT2D eigenvalue weighted by Crippen LogP contribution is -2.55. The number of carbonyl (C=O) groups is 1. The topological polar surface area (TPSA) is 41.6 Å². The normalized spacial score (nSPS) is 32.2. The van der Waals surface area contributed by atoms with E-state index in [0.29, 0.717) is 12.5 Å². The fourth-order valence-corrected chi connectivity index (χ4v) is 3.11. The van der Waals surface area contributed by atoms with Crippen LogP contribution in [0.5, 0.6) is 0 Å². The van der Waals surface area contributed by atoms with E-state index in [2.05, 4.69) is 26.1 Å². The molecule has 0 radical (unpaired) electrons. The van der Waals surface area contributed by atoms with Crippen molar-refractivity contribution in [3.05, 3.63) is 0 Å². The maximum absolute atomic E-state index is 11.8. The summed E-state index contributed by atoms with van der Waals surface area (Å²) >= 11 is 0. The van der Waals surface area contributed by atoms with Gasteiger partial charge in [0.2, 0.25) is 0 Å². The fraction of sp³-hybridized carbons (Fsp3) is 0.917. The Morgan fingerprint density at radius 3 is 2.62 bits per heavy atom. The van der Waals surface area contributed by atoms with Gasteiger partial charge in [-0.1, -0.05) is 0 Å². The molecule has 1 N–H and O–H groups in total. The third-order valence-electron chi connectivity index (χ3n) is 3.97. The molecule has 0 saturated carbocycles. The van der Waals surface area contributed by atoms with Crippen LogP contribution in [0.1, 0.15) is 33.6 Å². The molecule has 92 valence electrons. The Bertz CT molecular complexity index is 274. The van der Waals surface area contributed by atoms with Crippen molar-refractivity contribution in [1.82, 2.24) is 10.2 Å². The molecule has 2 aliphatic rings. The third-order valence-corrected chi connectivity index (χ3v) is 3.97. The van der Waals surface area contributed by atoms with Crippen LogP contribution >= 0.6 is 0 Å². The molecule has 0 aliphatic carbocycles. The quantitative estimate of drug-likeness (QED) is 0.777. The number of cyclic esters (lactones) is 1. The van der Waals surface area contributed by atoms with Crippen LogP contribution in [0.15, 0.2) is 0 Å². The molecule has 2 aliphatic heterocycles. The van der Waals surface area contributed by atoms with Gasteiger partial charge < -0.3 is 10.1 Å². The number of carbonyl (C=O) groups excluding carboxylic acids is 1. The van der Waals surface area contributed by atoms with E-state index in [0.717, 1.165) is 25.9 Å². The Kier molecular flexibility index (Phi) is 3.10. The molecule has 2 saturated heterocycles. The number of hydrogen-bond donors (Lipinski definition) is 1. The van der Waals surface area contributed by atoms with Crippen molar-refractivity contribution >= 4 is 6.09 Å². The molecule has 0 aromatic carbocycles. The smallest absolute Gasteiger partial charge is 0.410 e. The Hall–Kier alpha value is -0.770. The minimum absolute atomic E-state index is 0.104. The molecule has 0 bridgehead atoms. The largest absolute Gasteiger partial charge is 0.447 e. The first-order chi connectivity index (χ1) is 7.55. The zero-order chi connectivity index (χ0) is 11.8. The van der Waals surface area contributed by atoms with Crippen LogP contribution in [-0.2, 0) is 4.74 Å². The van der Waals surface area contributed by atoms with Gasteiger partial charge in [-0.05, 0) is 52.6 Å². The van der Waals surface area contributed by atoms with E-state index in [1.807, 2.05) is 4.90 Å². The number of hydrogen-bond acceptors (Lipinski definition) is 3. The van der Waals surface area contributed by atoms with E-state index < -0.39 is 0 Å². The third kappa shape index (κ3) is 1.79. The van der Waals surface area contributed by atoms with Gasteiger partial charge in [0.15, 0.2) is 0 Å². The van der Waals surface area contributed by atoms with E-state index in [9.17, 15) is 4.79 Å². The maximum atomic E-state index is 11.8. The zero-order valence-corrected chi connectivity index (χ0v) is 10.5. The van der Waals surface area contributed by atoms with Crippen LogP contribution in [0.2, 0.25) is 0 Å². The van der Waals surface area contributed by atoms with E-state index in [1.54, 1.807) is 0 Å². The molecule has 0 aromatic heterocycles. The lowest BCUT2D eigenvalue weighted by Gasteiger charge is -2.42. The highest BCUT2D eigenvalue weighted by Crippen LogP contribution is 2.37. The van der Waals surface area contributed by atoms with Gasteiger partial charge in [-0.3, -0.25) is 4.90 Å². The minimum Gasteiger partial charge on any atom is -0.447 e. The first kappa shape index (κ1) is 11.7. The summed E-state index contributed by atoms with van der Waals surface area (Å²) < 4.78 is 5.26. The van der Waals surface area contributed by atoms with Gasteiger partial charge in [-0.25, -0.2) is 4.79 Å². The minimum atomic E-state index is -0.143. The molecule has 2 heterocycles. The first-order valence-corrected chi connectivity index (χ1v) is 6.22. The monoisotopic (exact) mass is 226 g/mol. The SMILES string of the molecule is CC(C)N1C(=O)OCC1(C)C1CCNCC1. The number of rotatable bonds is 2. The highest BCUT2D eigenvalue weighted by molar-refractivity contribution is 5.71. The van der Waals surface area contributed by atoms with Crippen molar-refractivity contribution in [3.8, 4) is 0 Å². The maximum Gasteiger partial charge on any atom is 0.410 e. The van der Waals surface area contributed by atoms with Gasteiger partial charge in [-0.2, -0.15) is 0 Å². The van der Waals surface area contributed by atoms with Crippen molar-refractivity contribution in [2.45, 2.75) is 45.2 Å². The molecular weight excluding hydrogens is 204 g/mol. The number of amides is 1. The standard InChI is InChI=1S/C12H22N2O2/c1-9(2)14-11(15)16-8-12(14,3)10-4-6-13-7-5-10/h9-10,13H,4-8H2,1-3H3. The second-order valence-electron chi connectivity index (χ2n) is 5.40. The second kappa shape index (κ2) is 4.24. The molecule has 4 heteroatoms. The summed E-state index contributed by atoms with van der Waals surface area (Å²) in [4.78, 5) is 13.7. The molecule has 0 aromatic rings. The van der Waals surface area contributed by atoms with Crippen molar-refractivity contribution in [1.29, 1.82) is 0 Å². The fourth-order valence-electron chi connectivity index (χ4n) is 3.11. The Labute approximate surface area is 97.3 Å². The lowest BCUT2D eigenvalue weighted by molar-refractivity contribution is 0.0740. The first-order valence-electron chi connectivity index (χ1n) is 6.22. The van der Waals surface area contributed by atoms with Crippen LogP contribution in [0.25, 0.3) is 0 Å². The van der Waals surface area contributed by atoms with Crippen LogP contribution in [0, 0.1) is 5.92 Å². The highest BCUT2D eigenvalue weighted by Gasteiger charge is 2.49. The number of nitrogens with one attached hydrogen (secondary N) is 1. The summed E-state index contributed by atoms with van der Waals surface area (Å²) in [6.07, 6.45) is 2.13. The summed E-state index contributed by atoms with van der Waals surface area (Å²) in [6.45, 7) is 8.96. The summed E-state index contributed by atoms with van der Waals surface area (Å²) in [6, 6.07) is 0.217. The van der Waals surface area contributed by atoms with Crippen LogP contribution < -0.4 is 5.32 Å². The average molecular weight is 226 g/mol. The molecule has 1 atom stereocenters. The van der Waals surface area contributed by atoms with Gasteiger partial charge in [0.25, 0.3) is 0 Å². The average Bonchev–Trinajstić information content (AvgIpc) is 2.57. The van der Waals surface area contributed by atoms with Crippen molar-refractivity contribution < 1.29 is 9.53 Å². The van der Waals surface area contributed by atoms with Crippen molar-refractivity contribution in [2.75, 3.05) is 19.7 Å². The molecule has 2 rings (SSSR count). The summed E-state index contributed by atoms with van der Waals surface area (Å²) in [5.74, 6) is 0.558. The predicted octanol–water partition coefficient (Wildman–Crippen LogP) is 1.61. The van der Waals surface area contributed by atoms with E-state index in [1.165, 1.54) is 0 Å². The number of nitrogens with zero attached hydrogens (tertiary/aromatic N) is 1. The Balaban J connectivity index is 2.18. The van der Waals surface area contributed by atoms with Crippen LogP contribution in [0.3, 0.4) is 0 Å². The van der Waals surface area contributed by atoms with Crippen LogP contribution in [-0.4, -0.2) is 42.3 Å². The van der Waals surface area contributed by atoms with Gasteiger partial charge >= 0.3 is 6.09 Å². The van der Waals surface area contributed by atoms with E-state index >= 15 is 0 Å². The predicted molar refractivity (Wildman–Crippen MR) is 62.3 cm³/mol. The highest BCUT2D eigenvalue weighted by atomic mass is 16.6. The molecule has 0 spiro atoms. The Morgan fingerprint density at radius 1 is 1.44 bits per heavy atom. The summed E-state index contributed by atoms with van der Waals surface area (Å²) in [7, 11) is 0. The Morgan fingerprint density at radius 2 is 2.06 bits per heavy atom. The zero-order valence-electron chi connectivity index (χ0n) is 10.5. The van der Waals surface area contributed by atoms with Crippen LogP contribution in [0.4, 0.5) is 4.79 Å². The molecule has 4 nitrogen and oxygen atoms in total. The second-order valence-corrected chi connectivity index (χ2v) is 5.40. The van der Waals surface area contributed by atoms with Gasteiger partial charge in [0.05, 0.1) is 5.54 Å². The number of ether oxygens (including phenoxy) is 1. The molecular formula is C12H22N2O2. The van der Waals surface area contributed by atoms with Gasteiger partial charge in [0.1, 0.15) is 6.61 Å². The van der Waals surface area contributed by atoms with Gasteiger partial charge in [-0.15, -0.1) is 0 Å². The lowest BCUT2D eigenvalue weighted by atomic mass is 9.79. The number of piperidine rings is 1.